The lowest BCUT2D eigenvalue weighted by Crippen LogP contribution is -2.26. The van der Waals surface area contributed by atoms with Gasteiger partial charge < -0.3 is 9.84 Å². The van der Waals surface area contributed by atoms with E-state index >= 15 is 0 Å². The zero-order valence-corrected chi connectivity index (χ0v) is 15.1. The summed E-state index contributed by atoms with van der Waals surface area (Å²) >= 11 is 3.07. The minimum atomic E-state index is 0.0643. The first-order valence-corrected chi connectivity index (χ1v) is 10.2. The third-order valence-corrected chi connectivity index (χ3v) is 5.60. The highest BCUT2D eigenvalue weighted by molar-refractivity contribution is 7.99. The minimum Gasteiger partial charge on any atom is -0.355 e. The molecule has 1 aliphatic carbocycles. The number of thiophene rings is 1. The Kier molecular flexibility index (Phi) is 6.48. The molecule has 0 atom stereocenters. The Morgan fingerprint density at radius 3 is 3.17 bits per heavy atom. The number of hydrogen-bond donors (Lipinski definition) is 1. The lowest BCUT2D eigenvalue weighted by atomic mass is 9.97. The fourth-order valence-corrected chi connectivity index (χ4v) is 3.93. The van der Waals surface area contributed by atoms with Gasteiger partial charge in [-0.15, -0.1) is 23.1 Å². The van der Waals surface area contributed by atoms with Crippen LogP contribution in [0.1, 0.15) is 38.0 Å². The number of carbonyl (C=O) groups excluding carboxylic acids is 1. The average molecular weight is 364 g/mol. The SMILES string of the molecule is O=C(CSCc1nc(-c2cccs2)no1)NCCC1=CCCCC1. The predicted molar refractivity (Wildman–Crippen MR) is 98.0 cm³/mol. The Morgan fingerprint density at radius 1 is 1.42 bits per heavy atom. The Morgan fingerprint density at radius 2 is 2.38 bits per heavy atom. The van der Waals surface area contributed by atoms with Crippen LogP contribution in [-0.2, 0) is 10.5 Å². The van der Waals surface area contributed by atoms with Gasteiger partial charge in [-0.1, -0.05) is 22.9 Å². The third-order valence-electron chi connectivity index (χ3n) is 3.82. The van der Waals surface area contributed by atoms with Gasteiger partial charge in [0.25, 0.3) is 0 Å². The van der Waals surface area contributed by atoms with Crippen molar-refractivity contribution in [2.24, 2.45) is 0 Å². The van der Waals surface area contributed by atoms with Crippen LogP contribution in [0.15, 0.2) is 33.7 Å². The fraction of sp³-hybridized carbons (Fsp3) is 0.471. The highest BCUT2D eigenvalue weighted by Gasteiger charge is 2.10. The summed E-state index contributed by atoms with van der Waals surface area (Å²) in [5.41, 5.74) is 1.49. The second kappa shape index (κ2) is 9.03. The summed E-state index contributed by atoms with van der Waals surface area (Å²) in [7, 11) is 0. The van der Waals surface area contributed by atoms with E-state index in [1.807, 2.05) is 17.5 Å². The molecule has 0 saturated carbocycles. The number of allylic oxidation sites excluding steroid dienone is 1. The Bertz CT molecular complexity index is 680. The maximum atomic E-state index is 11.9. The van der Waals surface area contributed by atoms with Gasteiger partial charge in [-0.2, -0.15) is 4.98 Å². The van der Waals surface area contributed by atoms with Gasteiger partial charge in [-0.3, -0.25) is 4.79 Å². The highest BCUT2D eigenvalue weighted by atomic mass is 32.2. The molecule has 2 aromatic heterocycles. The maximum absolute atomic E-state index is 11.9. The van der Waals surface area contributed by atoms with E-state index in [0.29, 0.717) is 23.2 Å². The molecule has 3 rings (SSSR count). The number of amides is 1. The van der Waals surface area contributed by atoms with Crippen LogP contribution in [0.2, 0.25) is 0 Å². The lowest BCUT2D eigenvalue weighted by molar-refractivity contribution is -0.118. The number of nitrogens with one attached hydrogen (secondary N) is 1. The van der Waals surface area contributed by atoms with E-state index in [4.69, 9.17) is 4.52 Å². The molecule has 0 spiro atoms. The summed E-state index contributed by atoms with van der Waals surface area (Å²) < 4.78 is 5.22. The van der Waals surface area contributed by atoms with Gasteiger partial charge >= 0.3 is 0 Å². The maximum Gasteiger partial charge on any atom is 0.236 e. The lowest BCUT2D eigenvalue weighted by Gasteiger charge is -2.12. The van der Waals surface area contributed by atoms with Crippen molar-refractivity contribution in [3.05, 3.63) is 35.1 Å². The summed E-state index contributed by atoms with van der Waals surface area (Å²) in [6.07, 6.45) is 8.27. The monoisotopic (exact) mass is 363 g/mol. The van der Waals surface area contributed by atoms with Gasteiger partial charge in [0.05, 0.1) is 16.4 Å². The molecule has 0 aromatic carbocycles. The van der Waals surface area contributed by atoms with Crippen molar-refractivity contribution in [2.45, 2.75) is 37.9 Å². The first-order valence-electron chi connectivity index (χ1n) is 8.20. The van der Waals surface area contributed by atoms with Crippen LogP contribution >= 0.6 is 23.1 Å². The largest absolute Gasteiger partial charge is 0.355 e. The third kappa shape index (κ3) is 5.21. The first kappa shape index (κ1) is 17.2. The molecule has 0 radical (unpaired) electrons. The standard InChI is InChI=1S/C17H21N3O2S2/c21-15(18-9-8-13-5-2-1-3-6-13)11-23-12-16-19-17(20-22-16)14-7-4-10-24-14/h4-5,7,10H,1-3,6,8-9,11-12H2,(H,18,21). The quantitative estimate of drug-likeness (QED) is 0.717. The van der Waals surface area contributed by atoms with Crippen LogP contribution in [0.5, 0.6) is 0 Å². The molecule has 1 N–H and O–H groups in total. The molecule has 2 aromatic rings. The number of thioether (sulfide) groups is 1. The molecule has 5 nitrogen and oxygen atoms in total. The summed E-state index contributed by atoms with van der Waals surface area (Å²) in [6.45, 7) is 0.730. The van der Waals surface area contributed by atoms with Crippen molar-refractivity contribution in [1.82, 2.24) is 15.5 Å². The smallest absolute Gasteiger partial charge is 0.236 e. The molecule has 0 fully saturated rings. The number of nitrogens with zero attached hydrogens (tertiary/aromatic N) is 2. The molecule has 1 aliphatic rings. The molecule has 24 heavy (non-hydrogen) atoms. The molecule has 128 valence electrons. The average Bonchev–Trinajstić information content (AvgIpc) is 3.27. The summed E-state index contributed by atoms with van der Waals surface area (Å²) in [4.78, 5) is 17.2. The van der Waals surface area contributed by atoms with Crippen LogP contribution in [0.4, 0.5) is 0 Å². The van der Waals surface area contributed by atoms with Gasteiger partial charge in [-0.05, 0) is 43.6 Å². The Labute approximate surface area is 149 Å². The molecule has 2 heterocycles. The molecule has 0 saturated heterocycles. The van der Waals surface area contributed by atoms with Gasteiger partial charge in [0.2, 0.25) is 17.6 Å². The van der Waals surface area contributed by atoms with Crippen LogP contribution in [0.25, 0.3) is 10.7 Å². The zero-order chi connectivity index (χ0) is 16.6. The normalized spacial score (nSPS) is 14.4. The molecule has 0 aliphatic heterocycles. The fourth-order valence-electron chi connectivity index (χ4n) is 2.60. The van der Waals surface area contributed by atoms with E-state index in [9.17, 15) is 4.79 Å². The van der Waals surface area contributed by atoms with Crippen LogP contribution < -0.4 is 5.32 Å². The van der Waals surface area contributed by atoms with Gasteiger partial charge in [0, 0.05) is 6.54 Å². The summed E-state index contributed by atoms with van der Waals surface area (Å²) in [6, 6.07) is 3.92. The van der Waals surface area contributed by atoms with E-state index in [1.165, 1.54) is 43.0 Å². The van der Waals surface area contributed by atoms with Crippen molar-refractivity contribution in [1.29, 1.82) is 0 Å². The van der Waals surface area contributed by atoms with E-state index in [2.05, 4.69) is 21.5 Å². The highest BCUT2D eigenvalue weighted by Crippen LogP contribution is 2.22. The number of aromatic nitrogens is 2. The van der Waals surface area contributed by atoms with Crippen LogP contribution in [-0.4, -0.2) is 28.3 Å². The van der Waals surface area contributed by atoms with Crippen LogP contribution in [0.3, 0.4) is 0 Å². The zero-order valence-electron chi connectivity index (χ0n) is 13.5. The van der Waals surface area contributed by atoms with Gasteiger partial charge in [0.15, 0.2) is 0 Å². The van der Waals surface area contributed by atoms with Crippen molar-refractivity contribution in [3.63, 3.8) is 0 Å². The minimum absolute atomic E-state index is 0.0643. The van der Waals surface area contributed by atoms with Crippen molar-refractivity contribution in [2.75, 3.05) is 12.3 Å². The topological polar surface area (TPSA) is 68.0 Å². The first-order chi connectivity index (χ1) is 11.8. The molecular weight excluding hydrogens is 342 g/mol. The van der Waals surface area contributed by atoms with E-state index < -0.39 is 0 Å². The van der Waals surface area contributed by atoms with E-state index in [1.54, 1.807) is 11.3 Å². The molecule has 0 unspecified atom stereocenters. The Hall–Kier alpha value is -1.60. The van der Waals surface area contributed by atoms with Gasteiger partial charge in [0.1, 0.15) is 0 Å². The molecular formula is C17H21N3O2S2. The van der Waals surface area contributed by atoms with Crippen molar-refractivity contribution >= 4 is 29.0 Å². The van der Waals surface area contributed by atoms with Crippen LogP contribution in [0, 0.1) is 0 Å². The number of carbonyl (C=O) groups is 1. The second-order valence-corrected chi connectivity index (χ2v) is 7.62. The Balaban J connectivity index is 1.32. The van der Waals surface area contributed by atoms with E-state index in [-0.39, 0.29) is 5.91 Å². The molecule has 0 bridgehead atoms. The summed E-state index contributed by atoms with van der Waals surface area (Å²) in [5.74, 6) is 2.20. The van der Waals surface area contributed by atoms with Crippen molar-refractivity contribution in [3.8, 4) is 10.7 Å². The predicted octanol–water partition coefficient (Wildman–Crippen LogP) is 4.04. The molecule has 7 heteroatoms. The second-order valence-electron chi connectivity index (χ2n) is 5.69. The van der Waals surface area contributed by atoms with Crippen molar-refractivity contribution < 1.29 is 9.32 Å². The van der Waals surface area contributed by atoms with E-state index in [0.717, 1.165) is 17.8 Å². The van der Waals surface area contributed by atoms with Gasteiger partial charge in [-0.25, -0.2) is 0 Å². The molecule has 1 amide bonds. The number of rotatable bonds is 8. The summed E-state index contributed by atoms with van der Waals surface area (Å²) in [5, 5.41) is 8.92. The number of hydrogen-bond acceptors (Lipinski definition) is 6.